The first-order valence-electron chi connectivity index (χ1n) is 10.8. The van der Waals surface area contributed by atoms with E-state index in [2.05, 4.69) is 5.32 Å². The number of aliphatic hydroxyl groups is 1. The third-order valence-corrected chi connectivity index (χ3v) is 6.11. The maximum atomic E-state index is 12.6. The molecule has 6 nitrogen and oxygen atoms in total. The molecule has 2 N–H and O–H groups in total. The number of aliphatic hydroxyl groups excluding tert-OH is 1. The molecular weight excluding hydrogens is 418 g/mol. The second-order valence-electron chi connectivity index (χ2n) is 8.69. The Kier molecular flexibility index (Phi) is 5.95. The van der Waals surface area contributed by atoms with Gasteiger partial charge in [0.15, 0.2) is 5.78 Å². The van der Waals surface area contributed by atoms with Crippen LogP contribution in [0.2, 0.25) is 0 Å². The van der Waals surface area contributed by atoms with Gasteiger partial charge < -0.3 is 19.9 Å². The van der Waals surface area contributed by atoms with E-state index in [-0.39, 0.29) is 18.8 Å². The van der Waals surface area contributed by atoms with E-state index in [0.717, 1.165) is 27.9 Å². The van der Waals surface area contributed by atoms with E-state index in [1.54, 1.807) is 30.3 Å². The van der Waals surface area contributed by atoms with Gasteiger partial charge in [0.2, 0.25) is 0 Å². The van der Waals surface area contributed by atoms with Gasteiger partial charge in [0, 0.05) is 23.7 Å². The molecule has 33 heavy (non-hydrogen) atoms. The van der Waals surface area contributed by atoms with Crippen molar-refractivity contribution in [3.63, 3.8) is 0 Å². The lowest BCUT2D eigenvalue weighted by Gasteiger charge is -2.34. The number of carbonyl (C=O) groups excluding carboxylic acids is 2. The van der Waals surface area contributed by atoms with Crippen molar-refractivity contribution in [1.29, 1.82) is 0 Å². The fraction of sp³-hybridized carbons (Fsp3) is 0.259. The zero-order valence-corrected chi connectivity index (χ0v) is 19.2. The van der Waals surface area contributed by atoms with Crippen LogP contribution in [0.25, 0.3) is 11.1 Å². The van der Waals surface area contributed by atoms with Gasteiger partial charge in [0.1, 0.15) is 11.5 Å². The van der Waals surface area contributed by atoms with Crippen molar-refractivity contribution < 1.29 is 24.2 Å². The molecule has 6 heteroatoms. The topological polar surface area (TPSA) is 84.9 Å². The first kappa shape index (κ1) is 22.6. The van der Waals surface area contributed by atoms with Crippen LogP contribution in [0.1, 0.15) is 40.9 Å². The number of nitrogens with one attached hydrogen (secondary N) is 1. The first-order valence-corrected chi connectivity index (χ1v) is 10.8. The average molecular weight is 446 g/mol. The van der Waals surface area contributed by atoms with Crippen molar-refractivity contribution in [3.05, 3.63) is 76.9 Å². The summed E-state index contributed by atoms with van der Waals surface area (Å²) >= 11 is 0. The maximum absolute atomic E-state index is 12.6. The molecule has 0 spiro atoms. The van der Waals surface area contributed by atoms with E-state index >= 15 is 0 Å². The van der Waals surface area contributed by atoms with E-state index in [0.29, 0.717) is 22.6 Å². The van der Waals surface area contributed by atoms with Crippen molar-refractivity contribution in [3.8, 4) is 22.6 Å². The summed E-state index contributed by atoms with van der Waals surface area (Å²) in [6.45, 7) is 5.34. The fourth-order valence-corrected chi connectivity index (χ4v) is 4.15. The van der Waals surface area contributed by atoms with Gasteiger partial charge in [0.05, 0.1) is 24.8 Å². The highest BCUT2D eigenvalue weighted by Crippen LogP contribution is 2.40. The summed E-state index contributed by atoms with van der Waals surface area (Å²) in [6, 6.07) is 16.2. The summed E-state index contributed by atoms with van der Waals surface area (Å²) in [6.07, 6.45) is 0.244. The van der Waals surface area contributed by atoms with Gasteiger partial charge in [-0.05, 0) is 67.3 Å². The summed E-state index contributed by atoms with van der Waals surface area (Å²) < 4.78 is 11.2. The molecule has 0 aromatic heterocycles. The molecule has 1 aliphatic rings. The maximum Gasteiger partial charge on any atom is 0.343 e. The Bertz CT molecular complexity index is 1250. The van der Waals surface area contributed by atoms with Crippen LogP contribution in [-0.4, -0.2) is 29.5 Å². The smallest absolute Gasteiger partial charge is 0.343 e. The van der Waals surface area contributed by atoms with Gasteiger partial charge in [-0.3, -0.25) is 4.79 Å². The highest BCUT2D eigenvalue weighted by Gasteiger charge is 2.34. The molecule has 3 aromatic rings. The van der Waals surface area contributed by atoms with Crippen molar-refractivity contribution in [2.75, 3.05) is 12.4 Å². The molecule has 0 bridgehead atoms. The number of Topliss-reactive ketones (excluding diaryl/α,β-unsaturated/α-hetero) is 1. The summed E-state index contributed by atoms with van der Waals surface area (Å²) in [4.78, 5) is 25.2. The van der Waals surface area contributed by atoms with Crippen LogP contribution in [-0.2, 0) is 17.8 Å². The predicted octanol–water partition coefficient (Wildman–Crippen LogP) is 4.70. The number of methoxy groups -OCH3 is 1. The molecule has 0 fully saturated rings. The number of rotatable bonds is 5. The number of anilines is 1. The zero-order valence-electron chi connectivity index (χ0n) is 19.2. The number of ether oxygens (including phenoxy) is 2. The van der Waals surface area contributed by atoms with Crippen LogP contribution >= 0.6 is 0 Å². The third-order valence-electron chi connectivity index (χ3n) is 6.11. The number of ketones is 1. The predicted molar refractivity (Wildman–Crippen MR) is 127 cm³/mol. The minimum Gasteiger partial charge on any atom is -0.496 e. The molecule has 0 atom stereocenters. The molecule has 1 heterocycles. The molecular formula is C27H27NO5. The van der Waals surface area contributed by atoms with Gasteiger partial charge in [-0.25, -0.2) is 4.79 Å². The van der Waals surface area contributed by atoms with Gasteiger partial charge in [0.25, 0.3) is 0 Å². The molecule has 170 valence electrons. The molecule has 4 rings (SSSR count). The van der Waals surface area contributed by atoms with Crippen LogP contribution in [0.3, 0.4) is 0 Å². The van der Waals surface area contributed by atoms with Crippen molar-refractivity contribution >= 4 is 17.4 Å². The number of aryl methyl sites for hydroxylation is 1. The third kappa shape index (κ3) is 4.22. The minimum atomic E-state index is -0.651. The molecule has 0 aliphatic carbocycles. The van der Waals surface area contributed by atoms with Crippen LogP contribution < -0.4 is 14.8 Å². The summed E-state index contributed by atoms with van der Waals surface area (Å²) in [5.41, 5.74) is 4.48. The van der Waals surface area contributed by atoms with Crippen molar-refractivity contribution in [2.45, 2.75) is 39.3 Å². The second-order valence-corrected chi connectivity index (χ2v) is 8.69. The average Bonchev–Trinajstić information content (AvgIpc) is 2.79. The highest BCUT2D eigenvalue weighted by atomic mass is 16.5. The van der Waals surface area contributed by atoms with E-state index in [1.165, 1.54) is 7.11 Å². The number of fused-ring (bicyclic) bond motifs is 1. The van der Waals surface area contributed by atoms with E-state index in [4.69, 9.17) is 9.47 Å². The molecule has 1 aliphatic heterocycles. The zero-order chi connectivity index (χ0) is 23.8. The summed E-state index contributed by atoms with van der Waals surface area (Å²) in [5, 5.41) is 13.5. The largest absolute Gasteiger partial charge is 0.496 e. The van der Waals surface area contributed by atoms with Crippen LogP contribution in [0.15, 0.2) is 54.6 Å². The van der Waals surface area contributed by atoms with Crippen LogP contribution in [0, 0.1) is 6.92 Å². The molecule has 0 radical (unpaired) electrons. The van der Waals surface area contributed by atoms with Crippen molar-refractivity contribution in [1.82, 2.24) is 0 Å². The fourth-order valence-electron chi connectivity index (χ4n) is 4.15. The summed E-state index contributed by atoms with van der Waals surface area (Å²) in [7, 11) is 1.54. The van der Waals surface area contributed by atoms with Gasteiger partial charge in [-0.2, -0.15) is 0 Å². The SMILES string of the molecule is COc1cc(OC(=O)c2ccccc2C)ccc1-c1ccc2c(c1CO)CC(=O)C(C)(C)N2. The van der Waals surface area contributed by atoms with Gasteiger partial charge in [-0.1, -0.05) is 24.3 Å². The number of benzene rings is 3. The lowest BCUT2D eigenvalue weighted by Crippen LogP contribution is -2.45. The normalized spacial score (nSPS) is 14.3. The van der Waals surface area contributed by atoms with E-state index < -0.39 is 11.5 Å². The molecule has 0 saturated carbocycles. The van der Waals surface area contributed by atoms with Crippen LogP contribution in [0.5, 0.6) is 11.5 Å². The highest BCUT2D eigenvalue weighted by molar-refractivity contribution is 5.97. The summed E-state index contributed by atoms with van der Waals surface area (Å²) in [5.74, 6) is 0.466. The quantitative estimate of drug-likeness (QED) is 0.438. The molecule has 3 aromatic carbocycles. The Morgan fingerprint density at radius 3 is 2.52 bits per heavy atom. The number of esters is 1. The van der Waals surface area contributed by atoms with E-state index in [1.807, 2.05) is 45.0 Å². The Morgan fingerprint density at radius 2 is 1.82 bits per heavy atom. The van der Waals surface area contributed by atoms with Gasteiger partial charge in [-0.15, -0.1) is 0 Å². The number of hydrogen-bond donors (Lipinski definition) is 2. The van der Waals surface area contributed by atoms with Crippen molar-refractivity contribution in [2.24, 2.45) is 0 Å². The second kappa shape index (κ2) is 8.71. The first-order chi connectivity index (χ1) is 15.7. The molecule has 0 saturated heterocycles. The monoisotopic (exact) mass is 445 g/mol. The number of hydrogen-bond acceptors (Lipinski definition) is 6. The Labute approximate surface area is 193 Å². The lowest BCUT2D eigenvalue weighted by atomic mass is 9.83. The molecule has 0 unspecified atom stereocenters. The Hall–Kier alpha value is -3.64. The Balaban J connectivity index is 1.70. The van der Waals surface area contributed by atoms with Gasteiger partial charge >= 0.3 is 5.97 Å². The Morgan fingerprint density at radius 1 is 1.09 bits per heavy atom. The lowest BCUT2D eigenvalue weighted by molar-refractivity contribution is -0.122. The van der Waals surface area contributed by atoms with E-state index in [9.17, 15) is 14.7 Å². The minimum absolute atomic E-state index is 0.0623. The van der Waals surface area contributed by atoms with Crippen LogP contribution in [0.4, 0.5) is 5.69 Å². The standard InChI is InChI=1S/C27H27NO5/c1-16-7-5-6-8-18(16)26(31)33-17-9-10-20(24(13-17)32-4)19-11-12-23-21(22(19)15-29)14-25(30)27(2,3)28-23/h5-13,28-29H,14-15H2,1-4H3. The molecule has 0 amide bonds. The number of carbonyl (C=O) groups is 2.